The molecule has 2 rings (SSSR count). The summed E-state index contributed by atoms with van der Waals surface area (Å²) in [5.74, 6) is -0.369. The van der Waals surface area contributed by atoms with Crippen molar-refractivity contribution in [2.45, 2.75) is 31.7 Å². The second kappa shape index (κ2) is 5.04. The minimum atomic E-state index is -0.932. The lowest BCUT2D eigenvalue weighted by molar-refractivity contribution is 0.0697. The van der Waals surface area contributed by atoms with Crippen molar-refractivity contribution in [1.29, 1.82) is 0 Å². The Kier molecular flexibility index (Phi) is 3.66. The Morgan fingerprint density at radius 3 is 2.76 bits per heavy atom. The van der Waals surface area contributed by atoms with E-state index in [1.165, 1.54) is 12.8 Å². The van der Waals surface area contributed by atoms with Gasteiger partial charge in [0, 0.05) is 23.8 Å². The largest absolute Gasteiger partial charge is 0.478 e. The molecule has 0 unspecified atom stereocenters. The average molecular weight is 299 g/mol. The molecule has 0 saturated heterocycles. The zero-order chi connectivity index (χ0) is 12.4. The molecule has 0 amide bonds. The van der Waals surface area contributed by atoms with Crippen molar-refractivity contribution in [2.24, 2.45) is 0 Å². The van der Waals surface area contributed by atoms with Crippen LogP contribution in [0.4, 0.5) is 5.82 Å². The lowest BCUT2D eigenvalue weighted by Gasteiger charge is -2.26. The molecule has 0 spiro atoms. The quantitative estimate of drug-likeness (QED) is 0.932. The maximum atomic E-state index is 11.2. The number of pyridine rings is 1. The summed E-state index contributed by atoms with van der Waals surface area (Å²) in [5.41, 5.74) is 0.258. The topological polar surface area (TPSA) is 53.4 Å². The highest BCUT2D eigenvalue weighted by molar-refractivity contribution is 9.10. The van der Waals surface area contributed by atoms with E-state index < -0.39 is 5.97 Å². The van der Waals surface area contributed by atoms with E-state index in [9.17, 15) is 9.90 Å². The first-order valence-corrected chi connectivity index (χ1v) is 6.50. The molecule has 0 aromatic carbocycles. The van der Waals surface area contributed by atoms with Crippen LogP contribution in [0.25, 0.3) is 0 Å². The number of rotatable bonds is 3. The Morgan fingerprint density at radius 2 is 2.18 bits per heavy atom. The second-order valence-electron chi connectivity index (χ2n) is 4.38. The number of hydrogen-bond acceptors (Lipinski definition) is 3. The van der Waals surface area contributed by atoms with Crippen LogP contribution in [0.15, 0.2) is 16.7 Å². The van der Waals surface area contributed by atoms with Gasteiger partial charge in [-0.25, -0.2) is 9.78 Å². The number of aromatic nitrogens is 1. The van der Waals surface area contributed by atoms with Crippen molar-refractivity contribution < 1.29 is 9.90 Å². The van der Waals surface area contributed by atoms with Gasteiger partial charge in [0.15, 0.2) is 0 Å². The Morgan fingerprint density at radius 1 is 1.53 bits per heavy atom. The van der Waals surface area contributed by atoms with E-state index in [1.54, 1.807) is 12.3 Å². The summed E-state index contributed by atoms with van der Waals surface area (Å²) in [6, 6.07) is 2.03. The molecule has 4 nitrogen and oxygen atoms in total. The fourth-order valence-corrected chi connectivity index (χ4v) is 2.67. The minimum absolute atomic E-state index is 0.258. The number of carbonyl (C=O) groups is 1. The van der Waals surface area contributed by atoms with E-state index in [-0.39, 0.29) is 5.56 Å². The van der Waals surface area contributed by atoms with Crippen molar-refractivity contribution >= 4 is 27.7 Å². The predicted molar refractivity (Wildman–Crippen MR) is 69.6 cm³/mol. The smallest absolute Gasteiger partial charge is 0.339 e. The highest BCUT2D eigenvalue weighted by atomic mass is 79.9. The number of halogens is 1. The zero-order valence-electron chi connectivity index (χ0n) is 9.69. The Balaban J connectivity index is 2.33. The summed E-state index contributed by atoms with van der Waals surface area (Å²) in [7, 11) is 1.93. The van der Waals surface area contributed by atoms with Gasteiger partial charge in [-0.1, -0.05) is 12.8 Å². The summed E-state index contributed by atoms with van der Waals surface area (Å²) in [6.07, 6.45) is 6.32. The van der Waals surface area contributed by atoms with Gasteiger partial charge >= 0.3 is 5.97 Å². The maximum Gasteiger partial charge on any atom is 0.339 e. The standard InChI is InChI=1S/C12H15BrN2O2/c1-15(9-4-2-3-5-9)11-10(12(16)17)6-8(13)7-14-11/h6-7,9H,2-5H2,1H3,(H,16,17). The van der Waals surface area contributed by atoms with E-state index in [4.69, 9.17) is 0 Å². The third-order valence-electron chi connectivity index (χ3n) is 3.27. The first-order chi connectivity index (χ1) is 8.09. The van der Waals surface area contributed by atoms with Crippen LogP contribution in [0, 0.1) is 0 Å². The van der Waals surface area contributed by atoms with Crippen LogP contribution in [0.2, 0.25) is 0 Å². The molecule has 1 fully saturated rings. The third kappa shape index (κ3) is 2.60. The van der Waals surface area contributed by atoms with E-state index in [0.717, 1.165) is 12.8 Å². The van der Waals surface area contributed by atoms with Crippen LogP contribution in [0.1, 0.15) is 36.0 Å². The molecule has 1 saturated carbocycles. The van der Waals surface area contributed by atoms with Crippen LogP contribution in [0.3, 0.4) is 0 Å². The molecule has 1 aliphatic carbocycles. The molecule has 1 heterocycles. The molecule has 0 radical (unpaired) electrons. The maximum absolute atomic E-state index is 11.2. The highest BCUT2D eigenvalue weighted by Gasteiger charge is 2.24. The Labute approximate surface area is 109 Å². The molecule has 92 valence electrons. The van der Waals surface area contributed by atoms with Gasteiger partial charge in [0.2, 0.25) is 0 Å². The number of nitrogens with zero attached hydrogens (tertiary/aromatic N) is 2. The van der Waals surface area contributed by atoms with Crippen LogP contribution < -0.4 is 4.90 Å². The molecule has 17 heavy (non-hydrogen) atoms. The highest BCUT2D eigenvalue weighted by Crippen LogP contribution is 2.28. The molecule has 1 N–H and O–H groups in total. The van der Waals surface area contributed by atoms with E-state index in [0.29, 0.717) is 16.3 Å². The molecule has 1 aromatic rings. The molecular formula is C12H15BrN2O2. The third-order valence-corrected chi connectivity index (χ3v) is 3.70. The summed E-state index contributed by atoms with van der Waals surface area (Å²) in [6.45, 7) is 0. The van der Waals surface area contributed by atoms with Crippen molar-refractivity contribution in [3.63, 3.8) is 0 Å². The molecule has 0 aliphatic heterocycles. The first kappa shape index (κ1) is 12.4. The van der Waals surface area contributed by atoms with Gasteiger partial charge < -0.3 is 10.0 Å². The number of aromatic carboxylic acids is 1. The predicted octanol–water partition coefficient (Wildman–Crippen LogP) is 2.92. The van der Waals surface area contributed by atoms with E-state index in [1.807, 2.05) is 11.9 Å². The lowest BCUT2D eigenvalue weighted by Crippen LogP contribution is -2.31. The summed E-state index contributed by atoms with van der Waals surface area (Å²) in [4.78, 5) is 17.5. The van der Waals surface area contributed by atoms with Crippen LogP contribution >= 0.6 is 15.9 Å². The number of anilines is 1. The zero-order valence-corrected chi connectivity index (χ0v) is 11.3. The average Bonchev–Trinajstić information content (AvgIpc) is 2.81. The Hall–Kier alpha value is -1.10. The molecule has 0 atom stereocenters. The molecule has 1 aromatic heterocycles. The fraction of sp³-hybridized carbons (Fsp3) is 0.500. The molecular weight excluding hydrogens is 284 g/mol. The van der Waals surface area contributed by atoms with Gasteiger partial charge in [-0.3, -0.25) is 0 Å². The van der Waals surface area contributed by atoms with Crippen LogP contribution in [0.5, 0.6) is 0 Å². The number of carboxylic acid groups (broad SMARTS) is 1. The first-order valence-electron chi connectivity index (χ1n) is 5.71. The summed E-state index contributed by atoms with van der Waals surface area (Å²) in [5, 5.41) is 9.19. The summed E-state index contributed by atoms with van der Waals surface area (Å²) < 4.78 is 0.693. The normalized spacial score (nSPS) is 16.1. The van der Waals surface area contributed by atoms with Gasteiger partial charge in [0.1, 0.15) is 11.4 Å². The van der Waals surface area contributed by atoms with Crippen molar-refractivity contribution in [1.82, 2.24) is 4.98 Å². The van der Waals surface area contributed by atoms with Crippen LogP contribution in [-0.4, -0.2) is 29.1 Å². The van der Waals surface area contributed by atoms with Gasteiger partial charge in [-0.05, 0) is 34.8 Å². The number of carboxylic acids is 1. The van der Waals surface area contributed by atoms with Crippen molar-refractivity contribution in [3.8, 4) is 0 Å². The lowest BCUT2D eigenvalue weighted by atomic mass is 10.2. The summed E-state index contributed by atoms with van der Waals surface area (Å²) >= 11 is 3.25. The van der Waals surface area contributed by atoms with Gasteiger partial charge in [-0.2, -0.15) is 0 Å². The molecule has 1 aliphatic rings. The Bertz CT molecular complexity index is 431. The second-order valence-corrected chi connectivity index (χ2v) is 5.29. The number of hydrogen-bond donors (Lipinski definition) is 1. The monoisotopic (exact) mass is 298 g/mol. The fourth-order valence-electron chi connectivity index (χ4n) is 2.33. The SMILES string of the molecule is CN(c1ncc(Br)cc1C(=O)O)C1CCCC1. The van der Waals surface area contributed by atoms with E-state index >= 15 is 0 Å². The van der Waals surface area contributed by atoms with E-state index in [2.05, 4.69) is 20.9 Å². The van der Waals surface area contributed by atoms with Gasteiger partial charge in [0.25, 0.3) is 0 Å². The van der Waals surface area contributed by atoms with Gasteiger partial charge in [0.05, 0.1) is 0 Å². The van der Waals surface area contributed by atoms with Crippen molar-refractivity contribution in [2.75, 3.05) is 11.9 Å². The van der Waals surface area contributed by atoms with Crippen molar-refractivity contribution in [3.05, 3.63) is 22.3 Å². The van der Waals surface area contributed by atoms with Gasteiger partial charge in [-0.15, -0.1) is 0 Å². The minimum Gasteiger partial charge on any atom is -0.478 e. The molecule has 0 bridgehead atoms. The van der Waals surface area contributed by atoms with Crippen LogP contribution in [-0.2, 0) is 0 Å². The molecule has 5 heteroatoms.